The van der Waals surface area contributed by atoms with Crippen molar-refractivity contribution in [3.63, 3.8) is 0 Å². The zero-order chi connectivity index (χ0) is 13.8. The van der Waals surface area contributed by atoms with E-state index in [1.807, 2.05) is 6.92 Å². The first-order valence-electron chi connectivity index (χ1n) is 6.47. The number of aromatic nitrogens is 3. The third kappa shape index (κ3) is 4.35. The molecule has 1 saturated carbocycles. The van der Waals surface area contributed by atoms with Gasteiger partial charge < -0.3 is 10.4 Å². The summed E-state index contributed by atoms with van der Waals surface area (Å²) < 4.78 is 1.23. The van der Waals surface area contributed by atoms with Gasteiger partial charge in [-0.3, -0.25) is 4.79 Å². The average Bonchev–Trinajstić information content (AvgIpc) is 3.05. The van der Waals surface area contributed by atoms with E-state index in [1.54, 1.807) is 0 Å². The standard InChI is InChI=1S/C12H18N4O3/c1-8(2-3-9-4-5-9)13-11(17)7-16-6-10(12(18)19)14-15-16/h6,8-9H,2-5,7H2,1H3,(H,13,17)(H,18,19). The molecule has 7 heteroatoms. The van der Waals surface area contributed by atoms with Gasteiger partial charge >= 0.3 is 5.97 Å². The molecule has 1 aromatic heterocycles. The summed E-state index contributed by atoms with van der Waals surface area (Å²) in [6, 6.07) is 0.135. The molecule has 1 atom stereocenters. The summed E-state index contributed by atoms with van der Waals surface area (Å²) in [6.45, 7) is 1.97. The molecule has 104 valence electrons. The number of nitrogens with one attached hydrogen (secondary N) is 1. The van der Waals surface area contributed by atoms with Crippen LogP contribution in [0.5, 0.6) is 0 Å². The van der Waals surface area contributed by atoms with Gasteiger partial charge in [-0.05, 0) is 25.7 Å². The van der Waals surface area contributed by atoms with Crippen molar-refractivity contribution in [2.24, 2.45) is 5.92 Å². The van der Waals surface area contributed by atoms with Crippen molar-refractivity contribution in [2.75, 3.05) is 0 Å². The topological polar surface area (TPSA) is 97.1 Å². The van der Waals surface area contributed by atoms with Crippen molar-refractivity contribution in [3.05, 3.63) is 11.9 Å². The number of hydrogen-bond donors (Lipinski definition) is 2. The molecule has 0 bridgehead atoms. The highest BCUT2D eigenvalue weighted by Gasteiger charge is 2.21. The summed E-state index contributed by atoms with van der Waals surface area (Å²) in [5, 5.41) is 18.6. The van der Waals surface area contributed by atoms with Crippen molar-refractivity contribution in [1.29, 1.82) is 0 Å². The molecular weight excluding hydrogens is 248 g/mol. The minimum Gasteiger partial charge on any atom is -0.476 e. The maximum absolute atomic E-state index is 11.7. The highest BCUT2D eigenvalue weighted by Crippen LogP contribution is 2.33. The molecule has 1 fully saturated rings. The molecule has 1 heterocycles. The van der Waals surface area contributed by atoms with Gasteiger partial charge in [0.1, 0.15) is 6.54 Å². The number of amides is 1. The molecule has 1 aliphatic carbocycles. The fourth-order valence-electron chi connectivity index (χ4n) is 1.91. The van der Waals surface area contributed by atoms with Crippen LogP contribution in [0, 0.1) is 5.92 Å². The molecule has 7 nitrogen and oxygen atoms in total. The molecule has 2 rings (SSSR count). The number of rotatable bonds is 7. The van der Waals surface area contributed by atoms with Crippen molar-refractivity contribution < 1.29 is 14.7 Å². The number of hydrogen-bond acceptors (Lipinski definition) is 4. The predicted octanol–water partition coefficient (Wildman–Crippen LogP) is 0.671. The van der Waals surface area contributed by atoms with Gasteiger partial charge in [0.15, 0.2) is 5.69 Å². The van der Waals surface area contributed by atoms with E-state index in [9.17, 15) is 9.59 Å². The third-order valence-corrected chi connectivity index (χ3v) is 3.18. The van der Waals surface area contributed by atoms with Crippen LogP contribution in [0.1, 0.15) is 43.1 Å². The van der Waals surface area contributed by atoms with Crippen LogP contribution in [0.15, 0.2) is 6.20 Å². The molecule has 0 spiro atoms. The SMILES string of the molecule is CC(CCC1CC1)NC(=O)Cn1cc(C(=O)O)nn1. The second-order valence-electron chi connectivity index (χ2n) is 5.10. The second-order valence-corrected chi connectivity index (χ2v) is 5.10. The Kier molecular flexibility index (Phi) is 4.13. The highest BCUT2D eigenvalue weighted by atomic mass is 16.4. The molecule has 1 aromatic rings. The van der Waals surface area contributed by atoms with E-state index in [-0.39, 0.29) is 24.2 Å². The zero-order valence-corrected chi connectivity index (χ0v) is 10.9. The van der Waals surface area contributed by atoms with Gasteiger partial charge in [-0.25, -0.2) is 9.48 Å². The maximum Gasteiger partial charge on any atom is 0.358 e. The van der Waals surface area contributed by atoms with E-state index < -0.39 is 5.97 Å². The van der Waals surface area contributed by atoms with E-state index in [2.05, 4.69) is 15.6 Å². The predicted molar refractivity (Wildman–Crippen MR) is 66.5 cm³/mol. The molecule has 0 aliphatic heterocycles. The quantitative estimate of drug-likeness (QED) is 0.756. The summed E-state index contributed by atoms with van der Waals surface area (Å²) >= 11 is 0. The summed E-state index contributed by atoms with van der Waals surface area (Å²) in [6.07, 6.45) is 6.02. The van der Waals surface area contributed by atoms with E-state index in [0.717, 1.165) is 18.8 Å². The van der Waals surface area contributed by atoms with Crippen LogP contribution in [0.4, 0.5) is 0 Å². The van der Waals surface area contributed by atoms with E-state index in [0.29, 0.717) is 0 Å². The molecule has 2 N–H and O–H groups in total. The lowest BCUT2D eigenvalue weighted by atomic mass is 10.1. The first-order chi connectivity index (χ1) is 9.04. The molecule has 1 aliphatic rings. The summed E-state index contributed by atoms with van der Waals surface area (Å²) in [5.41, 5.74) is -0.158. The molecule has 0 radical (unpaired) electrons. The van der Waals surface area contributed by atoms with Crippen LogP contribution in [0.25, 0.3) is 0 Å². The monoisotopic (exact) mass is 266 g/mol. The Morgan fingerprint density at radius 2 is 2.32 bits per heavy atom. The Labute approximate surface area is 111 Å². The van der Waals surface area contributed by atoms with Gasteiger partial charge in [0.2, 0.25) is 5.91 Å². The molecular formula is C12H18N4O3. The number of carbonyl (C=O) groups excluding carboxylic acids is 1. The maximum atomic E-state index is 11.7. The van der Waals surface area contributed by atoms with E-state index in [1.165, 1.54) is 23.7 Å². The lowest BCUT2D eigenvalue weighted by molar-refractivity contribution is -0.122. The second kappa shape index (κ2) is 5.81. The van der Waals surface area contributed by atoms with Gasteiger partial charge in [0.25, 0.3) is 0 Å². The van der Waals surface area contributed by atoms with E-state index in [4.69, 9.17) is 5.11 Å². The van der Waals surface area contributed by atoms with Crippen LogP contribution in [0.3, 0.4) is 0 Å². The van der Waals surface area contributed by atoms with Gasteiger partial charge in [-0.2, -0.15) is 0 Å². The Balaban J connectivity index is 1.74. The van der Waals surface area contributed by atoms with Crippen molar-refractivity contribution in [3.8, 4) is 0 Å². The van der Waals surface area contributed by atoms with Gasteiger partial charge in [0.05, 0.1) is 6.20 Å². The molecule has 1 amide bonds. The smallest absolute Gasteiger partial charge is 0.358 e. The van der Waals surface area contributed by atoms with Crippen LogP contribution in [-0.2, 0) is 11.3 Å². The number of nitrogens with zero attached hydrogens (tertiary/aromatic N) is 3. The largest absolute Gasteiger partial charge is 0.476 e. The van der Waals surface area contributed by atoms with Crippen molar-refractivity contribution in [1.82, 2.24) is 20.3 Å². The molecule has 0 aromatic carbocycles. The van der Waals surface area contributed by atoms with Crippen molar-refractivity contribution in [2.45, 2.75) is 45.2 Å². The Morgan fingerprint density at radius 1 is 1.58 bits per heavy atom. The number of carbonyl (C=O) groups is 2. The summed E-state index contributed by atoms with van der Waals surface area (Å²) in [4.78, 5) is 22.3. The minimum absolute atomic E-state index is 0.00590. The van der Waals surface area contributed by atoms with Crippen LogP contribution < -0.4 is 5.32 Å². The number of carboxylic acid groups (broad SMARTS) is 1. The lowest BCUT2D eigenvalue weighted by Gasteiger charge is -2.13. The molecule has 1 unspecified atom stereocenters. The van der Waals surface area contributed by atoms with Gasteiger partial charge in [-0.1, -0.05) is 18.1 Å². The average molecular weight is 266 g/mol. The van der Waals surface area contributed by atoms with Crippen LogP contribution in [0.2, 0.25) is 0 Å². The fraction of sp³-hybridized carbons (Fsp3) is 0.667. The van der Waals surface area contributed by atoms with Gasteiger partial charge in [-0.15, -0.1) is 5.10 Å². The fourth-order valence-corrected chi connectivity index (χ4v) is 1.91. The minimum atomic E-state index is -1.15. The highest BCUT2D eigenvalue weighted by molar-refractivity contribution is 5.84. The Morgan fingerprint density at radius 3 is 2.89 bits per heavy atom. The van der Waals surface area contributed by atoms with Crippen molar-refractivity contribution >= 4 is 11.9 Å². The number of aromatic carboxylic acids is 1. The summed E-state index contributed by atoms with van der Waals surface area (Å²) in [5.74, 6) is -0.470. The Bertz CT molecular complexity index is 467. The van der Waals surface area contributed by atoms with E-state index >= 15 is 0 Å². The lowest BCUT2D eigenvalue weighted by Crippen LogP contribution is -2.35. The first kappa shape index (κ1) is 13.5. The normalized spacial score (nSPS) is 16.1. The van der Waals surface area contributed by atoms with Crippen LogP contribution >= 0.6 is 0 Å². The number of carboxylic acids is 1. The zero-order valence-electron chi connectivity index (χ0n) is 10.9. The molecule has 19 heavy (non-hydrogen) atoms. The summed E-state index contributed by atoms with van der Waals surface area (Å²) in [7, 11) is 0. The Hall–Kier alpha value is -1.92. The first-order valence-corrected chi connectivity index (χ1v) is 6.47. The third-order valence-electron chi connectivity index (χ3n) is 3.18. The molecule has 0 saturated heterocycles. The van der Waals surface area contributed by atoms with Crippen LogP contribution in [-0.4, -0.2) is 38.0 Å². The van der Waals surface area contributed by atoms with Gasteiger partial charge in [0, 0.05) is 6.04 Å².